The lowest BCUT2D eigenvalue weighted by molar-refractivity contribution is 0.112. The molecular weight excluding hydrogens is 244 g/mol. The summed E-state index contributed by atoms with van der Waals surface area (Å²) < 4.78 is 0. The lowest BCUT2D eigenvalue weighted by Gasteiger charge is -2.06. The molecule has 0 N–H and O–H groups in total. The van der Waals surface area contributed by atoms with Gasteiger partial charge in [0.25, 0.3) is 0 Å². The molecular formula is C16H15ClO. The van der Waals surface area contributed by atoms with E-state index >= 15 is 0 Å². The summed E-state index contributed by atoms with van der Waals surface area (Å²) in [6.07, 6.45) is 2.99. The zero-order valence-electron chi connectivity index (χ0n) is 10.3. The van der Waals surface area contributed by atoms with E-state index in [9.17, 15) is 4.79 Å². The number of aldehydes is 1. The van der Waals surface area contributed by atoms with Crippen molar-refractivity contribution < 1.29 is 4.79 Å². The van der Waals surface area contributed by atoms with Crippen LogP contribution in [0.5, 0.6) is 0 Å². The Hall–Kier alpha value is -1.60. The molecule has 0 bridgehead atoms. The normalized spacial score (nSPS) is 10.3. The lowest BCUT2D eigenvalue weighted by Crippen LogP contribution is -1.87. The monoisotopic (exact) mass is 258 g/mol. The Bertz CT molecular complexity index is 561. The molecule has 0 amide bonds. The number of rotatable bonds is 4. The molecule has 2 heteroatoms. The summed E-state index contributed by atoms with van der Waals surface area (Å²) in [5, 5.41) is 0.499. The molecule has 0 heterocycles. The fraction of sp³-hybridized carbons (Fsp3) is 0.188. The standard InChI is InChI=1S/C16H15ClO/c1-2-4-12-5-3-6-13(9-12)14-7-8-16(17)15(10-14)11-18/h3,5-11H,2,4H2,1H3. The van der Waals surface area contributed by atoms with E-state index in [-0.39, 0.29) is 0 Å². The Morgan fingerprint density at radius 3 is 2.61 bits per heavy atom. The first-order valence-electron chi connectivity index (χ1n) is 6.08. The Kier molecular flexibility index (Phi) is 4.16. The second-order valence-electron chi connectivity index (χ2n) is 4.30. The number of hydrogen-bond donors (Lipinski definition) is 0. The van der Waals surface area contributed by atoms with Gasteiger partial charge >= 0.3 is 0 Å². The summed E-state index contributed by atoms with van der Waals surface area (Å²) in [4.78, 5) is 10.9. The Labute approximate surface area is 112 Å². The van der Waals surface area contributed by atoms with Crippen molar-refractivity contribution in [2.24, 2.45) is 0 Å². The van der Waals surface area contributed by atoms with Crippen molar-refractivity contribution in [1.29, 1.82) is 0 Å². The van der Waals surface area contributed by atoms with E-state index in [1.54, 1.807) is 6.07 Å². The molecule has 2 rings (SSSR count). The van der Waals surface area contributed by atoms with Gasteiger partial charge in [-0.05, 0) is 35.2 Å². The van der Waals surface area contributed by atoms with E-state index in [4.69, 9.17) is 11.6 Å². The summed E-state index contributed by atoms with van der Waals surface area (Å²) >= 11 is 5.93. The van der Waals surface area contributed by atoms with Crippen LogP contribution >= 0.6 is 11.6 Å². The van der Waals surface area contributed by atoms with Crippen LogP contribution in [0.25, 0.3) is 11.1 Å². The van der Waals surface area contributed by atoms with Crippen LogP contribution < -0.4 is 0 Å². The molecule has 0 aliphatic heterocycles. The van der Waals surface area contributed by atoms with Gasteiger partial charge in [-0.2, -0.15) is 0 Å². The van der Waals surface area contributed by atoms with Crippen LogP contribution in [0, 0.1) is 0 Å². The average Bonchev–Trinajstić information content (AvgIpc) is 2.40. The van der Waals surface area contributed by atoms with Crippen molar-refractivity contribution in [2.75, 3.05) is 0 Å². The van der Waals surface area contributed by atoms with Crippen molar-refractivity contribution in [3.63, 3.8) is 0 Å². The number of halogens is 1. The summed E-state index contributed by atoms with van der Waals surface area (Å²) in [5.74, 6) is 0. The van der Waals surface area contributed by atoms with Crippen LogP contribution in [0.1, 0.15) is 29.3 Å². The highest BCUT2D eigenvalue weighted by molar-refractivity contribution is 6.33. The third-order valence-electron chi connectivity index (χ3n) is 2.92. The molecule has 0 radical (unpaired) electrons. The van der Waals surface area contributed by atoms with E-state index in [0.29, 0.717) is 10.6 Å². The smallest absolute Gasteiger partial charge is 0.151 e. The lowest BCUT2D eigenvalue weighted by atomic mass is 10.00. The van der Waals surface area contributed by atoms with Crippen LogP contribution in [0.3, 0.4) is 0 Å². The van der Waals surface area contributed by atoms with Gasteiger partial charge in [-0.15, -0.1) is 0 Å². The molecule has 0 aliphatic carbocycles. The number of benzene rings is 2. The topological polar surface area (TPSA) is 17.1 Å². The molecule has 0 aromatic heterocycles. The van der Waals surface area contributed by atoms with Gasteiger partial charge in [0.2, 0.25) is 0 Å². The van der Waals surface area contributed by atoms with Crippen molar-refractivity contribution in [1.82, 2.24) is 0 Å². The summed E-state index contributed by atoms with van der Waals surface area (Å²) in [6.45, 7) is 2.17. The van der Waals surface area contributed by atoms with Crippen molar-refractivity contribution >= 4 is 17.9 Å². The Morgan fingerprint density at radius 2 is 1.89 bits per heavy atom. The molecule has 18 heavy (non-hydrogen) atoms. The minimum absolute atomic E-state index is 0.499. The van der Waals surface area contributed by atoms with Crippen LogP contribution in [-0.2, 0) is 6.42 Å². The highest BCUT2D eigenvalue weighted by Crippen LogP contribution is 2.25. The molecule has 2 aromatic carbocycles. The van der Waals surface area contributed by atoms with E-state index in [1.807, 2.05) is 12.1 Å². The van der Waals surface area contributed by atoms with Gasteiger partial charge in [0.1, 0.15) is 0 Å². The van der Waals surface area contributed by atoms with Crippen LogP contribution in [0.4, 0.5) is 0 Å². The molecule has 0 saturated heterocycles. The molecule has 1 nitrogen and oxygen atoms in total. The molecule has 0 fully saturated rings. The number of aryl methyl sites for hydroxylation is 1. The quantitative estimate of drug-likeness (QED) is 0.722. The summed E-state index contributed by atoms with van der Waals surface area (Å²) in [7, 11) is 0. The minimum Gasteiger partial charge on any atom is -0.298 e. The third kappa shape index (κ3) is 2.80. The number of hydrogen-bond acceptors (Lipinski definition) is 1. The molecule has 0 aliphatic rings. The fourth-order valence-electron chi connectivity index (χ4n) is 2.01. The van der Waals surface area contributed by atoms with Crippen molar-refractivity contribution in [3.8, 4) is 11.1 Å². The minimum atomic E-state index is 0.499. The molecule has 0 spiro atoms. The number of carbonyl (C=O) groups excluding carboxylic acids is 1. The molecule has 0 saturated carbocycles. The second-order valence-corrected chi connectivity index (χ2v) is 4.71. The predicted octanol–water partition coefficient (Wildman–Crippen LogP) is 4.77. The maximum absolute atomic E-state index is 10.9. The zero-order valence-corrected chi connectivity index (χ0v) is 11.1. The van der Waals surface area contributed by atoms with Gasteiger partial charge in [0.15, 0.2) is 6.29 Å². The Morgan fingerprint density at radius 1 is 1.11 bits per heavy atom. The van der Waals surface area contributed by atoms with Crippen molar-refractivity contribution in [2.45, 2.75) is 19.8 Å². The van der Waals surface area contributed by atoms with Gasteiger partial charge in [0.05, 0.1) is 5.02 Å². The third-order valence-corrected chi connectivity index (χ3v) is 3.27. The van der Waals surface area contributed by atoms with E-state index < -0.39 is 0 Å². The largest absolute Gasteiger partial charge is 0.298 e. The first-order chi connectivity index (χ1) is 8.74. The zero-order chi connectivity index (χ0) is 13.0. The molecule has 0 unspecified atom stereocenters. The summed E-state index contributed by atoms with van der Waals surface area (Å²) in [6, 6.07) is 13.9. The van der Waals surface area contributed by atoms with Gasteiger partial charge in [-0.25, -0.2) is 0 Å². The second kappa shape index (κ2) is 5.83. The van der Waals surface area contributed by atoms with E-state index in [2.05, 4.69) is 31.2 Å². The van der Waals surface area contributed by atoms with Crippen LogP contribution in [-0.4, -0.2) is 6.29 Å². The highest BCUT2D eigenvalue weighted by atomic mass is 35.5. The molecule has 92 valence electrons. The SMILES string of the molecule is CCCc1cccc(-c2ccc(Cl)c(C=O)c2)c1. The van der Waals surface area contributed by atoms with E-state index in [0.717, 1.165) is 30.3 Å². The number of carbonyl (C=O) groups is 1. The van der Waals surface area contributed by atoms with Gasteiger partial charge in [-0.3, -0.25) is 4.79 Å². The average molecular weight is 259 g/mol. The van der Waals surface area contributed by atoms with Crippen LogP contribution in [0.15, 0.2) is 42.5 Å². The summed E-state index contributed by atoms with van der Waals surface area (Å²) in [5.41, 5.74) is 4.01. The van der Waals surface area contributed by atoms with Crippen molar-refractivity contribution in [3.05, 3.63) is 58.6 Å². The maximum atomic E-state index is 10.9. The Balaban J connectivity index is 2.41. The first kappa shape index (κ1) is 12.8. The molecule has 2 aromatic rings. The van der Waals surface area contributed by atoms with Gasteiger partial charge in [0, 0.05) is 5.56 Å². The van der Waals surface area contributed by atoms with Gasteiger partial charge < -0.3 is 0 Å². The van der Waals surface area contributed by atoms with Gasteiger partial charge in [-0.1, -0.05) is 55.3 Å². The highest BCUT2D eigenvalue weighted by Gasteiger charge is 2.03. The fourth-order valence-corrected chi connectivity index (χ4v) is 2.17. The van der Waals surface area contributed by atoms with Crippen LogP contribution in [0.2, 0.25) is 5.02 Å². The maximum Gasteiger partial charge on any atom is 0.151 e. The predicted molar refractivity (Wildman–Crippen MR) is 76.3 cm³/mol. The molecule has 0 atom stereocenters. The van der Waals surface area contributed by atoms with E-state index in [1.165, 1.54) is 5.56 Å². The first-order valence-corrected chi connectivity index (χ1v) is 6.46.